The summed E-state index contributed by atoms with van der Waals surface area (Å²) in [6.45, 7) is 7.06. The molecule has 1 aromatic rings. The lowest BCUT2D eigenvalue weighted by Gasteiger charge is -2.30. The van der Waals surface area contributed by atoms with Gasteiger partial charge in [0.25, 0.3) is 5.91 Å². The molecule has 2 unspecified atom stereocenters. The molecule has 5 rings (SSSR count). The van der Waals surface area contributed by atoms with E-state index in [1.54, 1.807) is 32.9 Å². The average molecular weight is 848 g/mol. The highest BCUT2D eigenvalue weighted by atomic mass is 127. The van der Waals surface area contributed by atoms with Crippen molar-refractivity contribution in [1.29, 1.82) is 0 Å². The van der Waals surface area contributed by atoms with Gasteiger partial charge in [-0.15, -0.1) is 0 Å². The number of nitrogens with zero attached hydrogens (tertiary/aromatic N) is 2. The standard InChI is InChI=1S/C34H47FIN5O9S/c1-5-6-7-8-12-25(37-31(45)50-33(2,3)4)29(43)41-18-21(49-32(46)40-17-20-10-9-11-24(35)23(20)19-40)15-26(41)28(42)38-34(16-27(34)36)30(44)39-51(47,48)22-13-14-22/h9-11,21-22,25-27H,5-8,12-19H2,1-4H3,(H,37,45)(H,38,42)(H,39,44)/t21?,25-,26-,27?,34+/m0/s1. The predicted octanol–water partition coefficient (Wildman–Crippen LogP) is 3.78. The normalized spacial score (nSPS) is 24.7. The van der Waals surface area contributed by atoms with Crippen LogP contribution in [0.1, 0.15) is 96.6 Å². The SMILES string of the molecule is CCCCCC[C@H](NC(=O)OC(C)(C)C)C(=O)N1CC(OC(=O)N2Cc3cccc(F)c3C2)C[C@H]1C(=O)N[C@]1(C(=O)NS(=O)(=O)C2CC2)CC1I. The van der Waals surface area contributed by atoms with Gasteiger partial charge in [-0.3, -0.25) is 24.0 Å². The van der Waals surface area contributed by atoms with Crippen LogP contribution in [-0.4, -0.2) is 93.2 Å². The molecule has 0 radical (unpaired) electrons. The van der Waals surface area contributed by atoms with E-state index < -0.39 is 84.3 Å². The number of unbranched alkanes of at least 4 members (excludes halogenated alkanes) is 3. The Labute approximate surface area is 311 Å². The molecular formula is C34H47FIN5O9S. The Kier molecular flexibility index (Phi) is 11.8. The Hall–Kier alpha value is -3.22. The summed E-state index contributed by atoms with van der Waals surface area (Å²) in [6, 6.07) is 2.30. The highest BCUT2D eigenvalue weighted by Gasteiger charge is 2.62. The monoisotopic (exact) mass is 847 g/mol. The van der Waals surface area contributed by atoms with Crippen molar-refractivity contribution in [3.05, 3.63) is 35.1 Å². The Bertz CT molecular complexity index is 1650. The van der Waals surface area contributed by atoms with Crippen molar-refractivity contribution in [2.24, 2.45) is 0 Å². The van der Waals surface area contributed by atoms with Crippen LogP contribution in [0.15, 0.2) is 18.2 Å². The zero-order valence-corrected chi connectivity index (χ0v) is 32.3. The van der Waals surface area contributed by atoms with Gasteiger partial charge in [0.05, 0.1) is 18.3 Å². The third kappa shape index (κ3) is 9.42. The molecule has 17 heteroatoms. The smallest absolute Gasteiger partial charge is 0.410 e. The van der Waals surface area contributed by atoms with Crippen molar-refractivity contribution in [2.75, 3.05) is 6.54 Å². The maximum atomic E-state index is 14.4. The number of alkyl halides is 1. The molecular weight excluding hydrogens is 800 g/mol. The maximum Gasteiger partial charge on any atom is 0.410 e. The highest BCUT2D eigenvalue weighted by Crippen LogP contribution is 2.44. The number of carbonyl (C=O) groups excluding carboxylic acids is 5. The highest BCUT2D eigenvalue weighted by molar-refractivity contribution is 14.1. The molecule has 2 saturated carbocycles. The van der Waals surface area contributed by atoms with E-state index in [1.165, 1.54) is 15.9 Å². The van der Waals surface area contributed by atoms with E-state index in [1.807, 2.05) is 29.5 Å². The number of carbonyl (C=O) groups is 5. The van der Waals surface area contributed by atoms with Crippen molar-refractivity contribution in [1.82, 2.24) is 25.2 Å². The molecule has 282 valence electrons. The summed E-state index contributed by atoms with van der Waals surface area (Å²) in [7, 11) is -3.89. The molecule has 14 nitrogen and oxygen atoms in total. The number of amides is 5. The number of rotatable bonds is 13. The quantitative estimate of drug-likeness (QED) is 0.151. The summed E-state index contributed by atoms with van der Waals surface area (Å²) in [4.78, 5) is 70.3. The molecule has 5 atom stereocenters. The number of halogens is 2. The van der Waals surface area contributed by atoms with Gasteiger partial charge in [0, 0.05) is 22.5 Å². The Morgan fingerprint density at radius 2 is 1.80 bits per heavy atom. The second-order valence-corrected chi connectivity index (χ2v) is 18.3. The first kappa shape index (κ1) is 39.0. The molecule has 1 saturated heterocycles. The Morgan fingerprint density at radius 3 is 2.41 bits per heavy atom. The topological polar surface area (TPSA) is 181 Å². The zero-order valence-electron chi connectivity index (χ0n) is 29.3. The van der Waals surface area contributed by atoms with E-state index in [0.29, 0.717) is 30.4 Å². The van der Waals surface area contributed by atoms with Crippen molar-refractivity contribution < 1.29 is 46.3 Å². The minimum Gasteiger partial charge on any atom is -0.444 e. The summed E-state index contributed by atoms with van der Waals surface area (Å²) >= 11 is 1.97. The molecule has 3 fully saturated rings. The van der Waals surface area contributed by atoms with Crippen molar-refractivity contribution in [3.8, 4) is 0 Å². The van der Waals surface area contributed by atoms with E-state index in [9.17, 15) is 36.8 Å². The van der Waals surface area contributed by atoms with Crippen LogP contribution in [0.25, 0.3) is 0 Å². The van der Waals surface area contributed by atoms with Crippen molar-refractivity contribution in [2.45, 2.75) is 137 Å². The van der Waals surface area contributed by atoms with E-state index in [-0.39, 0.29) is 38.9 Å². The van der Waals surface area contributed by atoms with Crippen LogP contribution < -0.4 is 15.4 Å². The zero-order chi connectivity index (χ0) is 37.3. The van der Waals surface area contributed by atoms with E-state index in [2.05, 4.69) is 15.4 Å². The first-order valence-corrected chi connectivity index (χ1v) is 20.3. The first-order chi connectivity index (χ1) is 23.9. The van der Waals surface area contributed by atoms with Crippen LogP contribution in [0, 0.1) is 5.82 Å². The lowest BCUT2D eigenvalue weighted by Crippen LogP contribution is -2.58. The Morgan fingerprint density at radius 1 is 1.10 bits per heavy atom. The van der Waals surface area contributed by atoms with Crippen LogP contribution in [0.4, 0.5) is 14.0 Å². The predicted molar refractivity (Wildman–Crippen MR) is 191 cm³/mol. The van der Waals surface area contributed by atoms with Crippen LogP contribution in [0.2, 0.25) is 0 Å². The number of likely N-dealkylation sites (tertiary alicyclic amines) is 1. The minimum atomic E-state index is -3.89. The van der Waals surface area contributed by atoms with Gasteiger partial charge in [0.1, 0.15) is 35.1 Å². The fourth-order valence-electron chi connectivity index (χ4n) is 6.41. The minimum absolute atomic E-state index is 0.00178. The van der Waals surface area contributed by atoms with Crippen LogP contribution in [0.5, 0.6) is 0 Å². The molecule has 0 aromatic heterocycles. The number of alkyl carbamates (subject to hydrolysis) is 1. The molecule has 2 aliphatic carbocycles. The van der Waals surface area contributed by atoms with Gasteiger partial charge < -0.3 is 25.0 Å². The summed E-state index contributed by atoms with van der Waals surface area (Å²) < 4.78 is 52.5. The number of ether oxygens (including phenoxy) is 2. The molecule has 5 amide bonds. The van der Waals surface area contributed by atoms with Gasteiger partial charge in [0.2, 0.25) is 21.8 Å². The van der Waals surface area contributed by atoms with Gasteiger partial charge in [0.15, 0.2) is 0 Å². The van der Waals surface area contributed by atoms with Crippen molar-refractivity contribution >= 4 is 62.5 Å². The van der Waals surface area contributed by atoms with Gasteiger partial charge in [-0.05, 0) is 58.1 Å². The molecule has 1 aromatic carbocycles. The molecule has 0 spiro atoms. The fraction of sp³-hybridized carbons (Fsp3) is 0.676. The molecule has 4 aliphatic rings. The number of nitrogens with one attached hydrogen (secondary N) is 3. The summed E-state index contributed by atoms with van der Waals surface area (Å²) in [6.07, 6.45) is 1.96. The number of fused-ring (bicyclic) bond motifs is 1. The third-order valence-corrected chi connectivity index (χ3v) is 12.8. The van der Waals surface area contributed by atoms with Crippen LogP contribution in [0.3, 0.4) is 0 Å². The second kappa shape index (κ2) is 15.4. The first-order valence-electron chi connectivity index (χ1n) is 17.5. The average Bonchev–Trinajstić information content (AvgIpc) is 3.91. The lowest BCUT2D eigenvalue weighted by molar-refractivity contribution is -0.141. The molecule has 0 bridgehead atoms. The van der Waals surface area contributed by atoms with E-state index in [0.717, 1.165) is 19.3 Å². The van der Waals surface area contributed by atoms with Crippen LogP contribution in [-0.2, 0) is 47.0 Å². The summed E-state index contributed by atoms with van der Waals surface area (Å²) in [5.74, 6) is -2.60. The number of sulfonamides is 1. The largest absolute Gasteiger partial charge is 0.444 e. The Balaban J connectivity index is 1.35. The number of benzene rings is 1. The molecule has 2 heterocycles. The number of hydrogen-bond donors (Lipinski definition) is 3. The summed E-state index contributed by atoms with van der Waals surface area (Å²) in [5.41, 5.74) is -1.31. The van der Waals surface area contributed by atoms with Gasteiger partial charge in [-0.1, -0.05) is 67.3 Å². The van der Waals surface area contributed by atoms with E-state index >= 15 is 0 Å². The third-order valence-electron chi connectivity index (χ3n) is 9.46. The second-order valence-electron chi connectivity index (χ2n) is 14.8. The van der Waals surface area contributed by atoms with Gasteiger partial charge in [-0.25, -0.2) is 22.4 Å². The molecule has 2 aliphatic heterocycles. The fourth-order valence-corrected chi connectivity index (χ4v) is 8.91. The van der Waals surface area contributed by atoms with Gasteiger partial charge >= 0.3 is 12.2 Å². The maximum absolute atomic E-state index is 14.4. The molecule has 3 N–H and O–H groups in total. The van der Waals surface area contributed by atoms with Crippen molar-refractivity contribution in [3.63, 3.8) is 0 Å². The lowest BCUT2D eigenvalue weighted by atomic mass is 10.1. The van der Waals surface area contributed by atoms with Crippen LogP contribution >= 0.6 is 22.6 Å². The number of hydrogen-bond acceptors (Lipinski definition) is 9. The summed E-state index contributed by atoms with van der Waals surface area (Å²) in [5, 5.41) is 4.74. The molecule has 51 heavy (non-hydrogen) atoms. The van der Waals surface area contributed by atoms with Gasteiger partial charge in [-0.2, -0.15) is 0 Å². The van der Waals surface area contributed by atoms with E-state index in [4.69, 9.17) is 9.47 Å².